The van der Waals surface area contributed by atoms with Crippen molar-refractivity contribution in [2.45, 2.75) is 18.7 Å². The van der Waals surface area contributed by atoms with Gasteiger partial charge in [0.2, 0.25) is 0 Å². The van der Waals surface area contributed by atoms with Gasteiger partial charge in [-0.25, -0.2) is 0 Å². The molecule has 0 fully saturated rings. The van der Waals surface area contributed by atoms with Gasteiger partial charge in [-0.15, -0.1) is 11.8 Å². The summed E-state index contributed by atoms with van der Waals surface area (Å²) < 4.78 is 5.02. The van der Waals surface area contributed by atoms with Crippen molar-refractivity contribution >= 4 is 35.2 Å². The van der Waals surface area contributed by atoms with Crippen LogP contribution in [0.25, 0.3) is 0 Å². The number of anilines is 1. The van der Waals surface area contributed by atoms with E-state index in [4.69, 9.17) is 4.74 Å². The van der Waals surface area contributed by atoms with Gasteiger partial charge in [0.15, 0.2) is 6.61 Å². The summed E-state index contributed by atoms with van der Waals surface area (Å²) in [4.78, 5) is 36.4. The molecule has 2 aromatic rings. The first-order valence-corrected chi connectivity index (χ1v) is 9.35. The van der Waals surface area contributed by atoms with Crippen molar-refractivity contribution in [2.24, 2.45) is 0 Å². The van der Waals surface area contributed by atoms with E-state index in [-0.39, 0.29) is 18.3 Å². The van der Waals surface area contributed by atoms with E-state index in [1.54, 1.807) is 24.3 Å². The Balaban J connectivity index is 1.80. The summed E-state index contributed by atoms with van der Waals surface area (Å²) >= 11 is 1.38. The van der Waals surface area contributed by atoms with Gasteiger partial charge in [0, 0.05) is 23.2 Å². The summed E-state index contributed by atoms with van der Waals surface area (Å²) in [6.45, 7) is 3.59. The lowest BCUT2D eigenvalue weighted by Gasteiger charge is -2.09. The Hall–Kier alpha value is -2.80. The molecular formula is C20H22N2O4S. The van der Waals surface area contributed by atoms with Crippen LogP contribution in [0.1, 0.15) is 21.5 Å². The van der Waals surface area contributed by atoms with E-state index in [1.165, 1.54) is 18.8 Å². The molecule has 0 unspecified atom stereocenters. The van der Waals surface area contributed by atoms with Crippen LogP contribution >= 0.6 is 11.8 Å². The smallest absolute Gasteiger partial charge is 0.316 e. The third kappa shape index (κ3) is 6.45. The summed E-state index contributed by atoms with van der Waals surface area (Å²) in [5.41, 5.74) is 3.10. The topological polar surface area (TPSA) is 84.5 Å². The zero-order valence-corrected chi connectivity index (χ0v) is 16.3. The highest BCUT2D eigenvalue weighted by Crippen LogP contribution is 2.23. The second-order valence-corrected chi connectivity index (χ2v) is 6.94. The van der Waals surface area contributed by atoms with Crippen LogP contribution in [0.4, 0.5) is 5.69 Å². The molecule has 0 aromatic heterocycles. The lowest BCUT2D eigenvalue weighted by Crippen LogP contribution is -2.22. The predicted molar refractivity (Wildman–Crippen MR) is 106 cm³/mol. The number of esters is 1. The molecule has 0 saturated heterocycles. The van der Waals surface area contributed by atoms with E-state index < -0.39 is 11.9 Å². The molecule has 2 N–H and O–H groups in total. The van der Waals surface area contributed by atoms with E-state index in [1.807, 2.05) is 32.0 Å². The molecule has 27 heavy (non-hydrogen) atoms. The molecule has 7 heteroatoms. The monoisotopic (exact) mass is 386 g/mol. The summed E-state index contributed by atoms with van der Waals surface area (Å²) in [6, 6.07) is 12.5. The van der Waals surface area contributed by atoms with Crippen LogP contribution in [0, 0.1) is 13.8 Å². The maximum atomic E-state index is 11.9. The van der Waals surface area contributed by atoms with Crippen LogP contribution < -0.4 is 10.6 Å². The van der Waals surface area contributed by atoms with E-state index >= 15 is 0 Å². The molecule has 142 valence electrons. The minimum absolute atomic E-state index is 0.129. The average Bonchev–Trinajstić information content (AvgIpc) is 2.66. The number of amides is 2. The molecule has 0 radical (unpaired) electrons. The maximum absolute atomic E-state index is 11.9. The number of hydrogen-bond donors (Lipinski definition) is 2. The van der Waals surface area contributed by atoms with Crippen molar-refractivity contribution in [1.82, 2.24) is 5.32 Å². The minimum atomic E-state index is -0.464. The number of hydrogen-bond acceptors (Lipinski definition) is 5. The molecule has 0 aliphatic carbocycles. The molecule has 0 spiro atoms. The largest absolute Gasteiger partial charge is 0.455 e. The number of thioether (sulfide) groups is 1. The summed E-state index contributed by atoms with van der Waals surface area (Å²) in [6.07, 6.45) is 0. The van der Waals surface area contributed by atoms with Crippen molar-refractivity contribution in [3.63, 3.8) is 0 Å². The Morgan fingerprint density at radius 3 is 2.59 bits per heavy atom. The Labute approximate surface area is 162 Å². The van der Waals surface area contributed by atoms with Crippen molar-refractivity contribution < 1.29 is 19.1 Å². The number of ether oxygens (including phenoxy) is 1. The average molecular weight is 386 g/mol. The number of nitrogens with one attached hydrogen (secondary N) is 2. The standard InChI is InChI=1S/C20H22N2O4S/c1-13-7-8-14(2)17(9-13)27-12-19(24)26-11-18(23)22-16-6-4-5-15(10-16)20(25)21-3/h4-10H,11-12H2,1-3H3,(H,21,25)(H,22,23). The predicted octanol–water partition coefficient (Wildman–Crippen LogP) is 2.94. The lowest BCUT2D eigenvalue weighted by molar-refractivity contribution is -0.144. The molecule has 0 saturated carbocycles. The Morgan fingerprint density at radius 1 is 1.07 bits per heavy atom. The summed E-state index contributed by atoms with van der Waals surface area (Å²) in [5.74, 6) is -1.05. The molecule has 0 atom stereocenters. The highest BCUT2D eigenvalue weighted by Gasteiger charge is 2.11. The van der Waals surface area contributed by atoms with Crippen molar-refractivity contribution in [3.8, 4) is 0 Å². The van der Waals surface area contributed by atoms with Gasteiger partial charge in [-0.05, 0) is 43.7 Å². The number of benzene rings is 2. The fraction of sp³-hybridized carbons (Fsp3) is 0.250. The molecule has 0 bridgehead atoms. The van der Waals surface area contributed by atoms with Gasteiger partial charge in [0.05, 0.1) is 5.75 Å². The molecular weight excluding hydrogens is 364 g/mol. The van der Waals surface area contributed by atoms with E-state index in [2.05, 4.69) is 10.6 Å². The second kappa shape index (κ2) is 9.78. The number of carbonyl (C=O) groups excluding carboxylic acids is 3. The third-order valence-electron chi connectivity index (χ3n) is 3.69. The van der Waals surface area contributed by atoms with E-state index in [9.17, 15) is 14.4 Å². The van der Waals surface area contributed by atoms with Crippen LogP contribution in [-0.4, -0.2) is 37.2 Å². The summed E-state index contributed by atoms with van der Waals surface area (Å²) in [7, 11) is 1.53. The van der Waals surface area contributed by atoms with Gasteiger partial charge < -0.3 is 15.4 Å². The van der Waals surface area contributed by atoms with Crippen LogP contribution in [0.15, 0.2) is 47.4 Å². The SMILES string of the molecule is CNC(=O)c1cccc(NC(=O)COC(=O)CSc2cc(C)ccc2C)c1. The number of rotatable bonds is 7. The first kappa shape index (κ1) is 20.5. The van der Waals surface area contributed by atoms with Gasteiger partial charge >= 0.3 is 5.97 Å². The fourth-order valence-electron chi connectivity index (χ4n) is 2.27. The Morgan fingerprint density at radius 2 is 1.85 bits per heavy atom. The van der Waals surface area contributed by atoms with Crippen molar-refractivity contribution in [3.05, 3.63) is 59.2 Å². The van der Waals surface area contributed by atoms with Crippen molar-refractivity contribution in [1.29, 1.82) is 0 Å². The third-order valence-corrected chi connectivity index (χ3v) is 4.82. The quantitative estimate of drug-likeness (QED) is 0.565. The Kier molecular flexibility index (Phi) is 7.43. The van der Waals surface area contributed by atoms with Gasteiger partial charge in [-0.3, -0.25) is 14.4 Å². The maximum Gasteiger partial charge on any atom is 0.316 e. The van der Waals surface area contributed by atoms with E-state index in [0.29, 0.717) is 11.3 Å². The normalized spacial score (nSPS) is 10.2. The minimum Gasteiger partial charge on any atom is -0.455 e. The zero-order chi connectivity index (χ0) is 19.8. The molecule has 0 aliphatic heterocycles. The van der Waals surface area contributed by atoms with Gasteiger partial charge in [0.25, 0.3) is 11.8 Å². The molecule has 0 aliphatic rings. The first-order chi connectivity index (χ1) is 12.9. The number of aryl methyl sites for hydroxylation is 2. The highest BCUT2D eigenvalue weighted by atomic mass is 32.2. The van der Waals surface area contributed by atoms with Crippen LogP contribution in [-0.2, 0) is 14.3 Å². The van der Waals surface area contributed by atoms with Crippen LogP contribution in [0.3, 0.4) is 0 Å². The summed E-state index contributed by atoms with van der Waals surface area (Å²) in [5, 5.41) is 5.12. The fourth-order valence-corrected chi connectivity index (χ4v) is 3.19. The molecule has 2 aromatic carbocycles. The van der Waals surface area contributed by atoms with Crippen LogP contribution in [0.5, 0.6) is 0 Å². The van der Waals surface area contributed by atoms with Crippen LogP contribution in [0.2, 0.25) is 0 Å². The van der Waals surface area contributed by atoms with Crippen molar-refractivity contribution in [2.75, 3.05) is 24.7 Å². The highest BCUT2D eigenvalue weighted by molar-refractivity contribution is 8.00. The molecule has 2 rings (SSSR count). The molecule has 0 heterocycles. The van der Waals surface area contributed by atoms with Gasteiger partial charge in [0.1, 0.15) is 0 Å². The van der Waals surface area contributed by atoms with Gasteiger partial charge in [-0.1, -0.05) is 23.8 Å². The molecule has 6 nitrogen and oxygen atoms in total. The first-order valence-electron chi connectivity index (χ1n) is 8.36. The number of carbonyl (C=O) groups is 3. The van der Waals surface area contributed by atoms with E-state index in [0.717, 1.165) is 16.0 Å². The lowest BCUT2D eigenvalue weighted by atomic mass is 10.2. The second-order valence-electron chi connectivity index (χ2n) is 5.93. The van der Waals surface area contributed by atoms with Gasteiger partial charge in [-0.2, -0.15) is 0 Å². The Bertz CT molecular complexity index is 852. The molecule has 2 amide bonds. The zero-order valence-electron chi connectivity index (χ0n) is 15.5.